The second kappa shape index (κ2) is 9.48. The van der Waals surface area contributed by atoms with Crippen molar-refractivity contribution in [1.29, 1.82) is 5.26 Å². The van der Waals surface area contributed by atoms with Gasteiger partial charge in [-0.15, -0.1) is 0 Å². The van der Waals surface area contributed by atoms with Crippen molar-refractivity contribution in [2.45, 2.75) is 83.3 Å². The van der Waals surface area contributed by atoms with Gasteiger partial charge in [0.1, 0.15) is 11.8 Å². The standard InChI is InChI=1S/C29H41N3O3/c1-18(32-27(33)26-9-4-19(15-30)16-31-26)24-7-8-25-23-6-5-20-14-29(34,17-35-3)13-11-21(20)22(23)10-12-28(24,25)2/h4,9,16,18,20-25,34H,5-8,10-14,17H2,1-3H3,(H,32,33)/t18-,20+,21-,22+,23+,24?,25-,28+,29+/m0/s1. The maximum absolute atomic E-state index is 12.9. The van der Waals surface area contributed by atoms with Crippen LogP contribution in [0.1, 0.15) is 87.7 Å². The highest BCUT2D eigenvalue weighted by molar-refractivity contribution is 5.92. The fourth-order valence-corrected chi connectivity index (χ4v) is 9.20. The van der Waals surface area contributed by atoms with Crippen LogP contribution in [-0.2, 0) is 4.74 Å². The van der Waals surface area contributed by atoms with Crippen LogP contribution in [0.3, 0.4) is 0 Å². The molecule has 0 aromatic carbocycles. The summed E-state index contributed by atoms with van der Waals surface area (Å²) in [5.74, 6) is 4.06. The summed E-state index contributed by atoms with van der Waals surface area (Å²) in [5, 5.41) is 23.2. The SMILES string of the molecule is COC[C@@]1(O)CC[C@H]2[C@H](CC[C@@H]3[C@@H]2CC[C@]2(C)C([C@H](C)NC(=O)c4ccc(C#N)cn4)CC[C@@H]32)C1. The number of methoxy groups -OCH3 is 1. The average Bonchev–Trinajstić information content (AvgIpc) is 3.21. The largest absolute Gasteiger partial charge is 0.387 e. The van der Waals surface area contributed by atoms with E-state index >= 15 is 0 Å². The molecule has 0 radical (unpaired) electrons. The minimum absolute atomic E-state index is 0.0987. The maximum atomic E-state index is 12.9. The lowest BCUT2D eigenvalue weighted by Crippen LogP contribution is -2.53. The third-order valence-corrected chi connectivity index (χ3v) is 10.7. The lowest BCUT2D eigenvalue weighted by Gasteiger charge is -2.57. The molecule has 190 valence electrons. The van der Waals surface area contributed by atoms with Crippen LogP contribution in [0.2, 0.25) is 0 Å². The van der Waals surface area contributed by atoms with E-state index in [1.54, 1.807) is 19.2 Å². The number of carbonyl (C=O) groups is 1. The number of hydrogen-bond acceptors (Lipinski definition) is 5. The molecule has 4 aliphatic rings. The molecule has 1 aromatic rings. The molecule has 4 aliphatic carbocycles. The van der Waals surface area contributed by atoms with Gasteiger partial charge < -0.3 is 15.2 Å². The molecule has 9 atom stereocenters. The number of carbonyl (C=O) groups excluding carboxylic acids is 1. The van der Waals surface area contributed by atoms with Crippen LogP contribution in [-0.4, -0.2) is 41.4 Å². The third kappa shape index (κ3) is 4.40. The van der Waals surface area contributed by atoms with Crippen molar-refractivity contribution in [3.63, 3.8) is 0 Å². The number of amides is 1. The summed E-state index contributed by atoms with van der Waals surface area (Å²) in [5.41, 5.74) is 0.489. The summed E-state index contributed by atoms with van der Waals surface area (Å²) < 4.78 is 5.34. The second-order valence-corrected chi connectivity index (χ2v) is 12.4. The van der Waals surface area contributed by atoms with E-state index in [-0.39, 0.29) is 17.4 Å². The van der Waals surface area contributed by atoms with Crippen molar-refractivity contribution in [3.8, 4) is 6.07 Å². The highest BCUT2D eigenvalue weighted by Crippen LogP contribution is 2.65. The molecule has 6 heteroatoms. The van der Waals surface area contributed by atoms with Crippen molar-refractivity contribution in [2.75, 3.05) is 13.7 Å². The summed E-state index contributed by atoms with van der Waals surface area (Å²) in [6.07, 6.45) is 11.9. The number of fused-ring (bicyclic) bond motifs is 5. The summed E-state index contributed by atoms with van der Waals surface area (Å²) in [4.78, 5) is 17.1. The Morgan fingerprint density at radius 3 is 2.71 bits per heavy atom. The fourth-order valence-electron chi connectivity index (χ4n) is 9.20. The van der Waals surface area contributed by atoms with Gasteiger partial charge in [-0.2, -0.15) is 5.26 Å². The molecule has 1 unspecified atom stereocenters. The monoisotopic (exact) mass is 479 g/mol. The Hall–Kier alpha value is -1.97. The molecule has 4 saturated carbocycles. The van der Waals surface area contributed by atoms with Gasteiger partial charge in [0.25, 0.3) is 5.91 Å². The topological polar surface area (TPSA) is 95.2 Å². The van der Waals surface area contributed by atoms with Crippen LogP contribution in [0.15, 0.2) is 18.3 Å². The molecule has 0 saturated heterocycles. The lowest BCUT2D eigenvalue weighted by molar-refractivity contribution is -0.125. The van der Waals surface area contributed by atoms with Crippen LogP contribution >= 0.6 is 0 Å². The fraction of sp³-hybridized carbons (Fsp3) is 0.759. The zero-order valence-electron chi connectivity index (χ0n) is 21.5. The van der Waals surface area contributed by atoms with Gasteiger partial charge in [-0.05, 0) is 118 Å². The molecule has 1 aromatic heterocycles. The van der Waals surface area contributed by atoms with Crippen LogP contribution < -0.4 is 5.32 Å². The smallest absolute Gasteiger partial charge is 0.270 e. The van der Waals surface area contributed by atoms with Gasteiger partial charge in [-0.3, -0.25) is 4.79 Å². The molecule has 35 heavy (non-hydrogen) atoms. The molecule has 0 aliphatic heterocycles. The van der Waals surface area contributed by atoms with E-state index in [0.717, 1.165) is 42.9 Å². The average molecular weight is 480 g/mol. The minimum Gasteiger partial charge on any atom is -0.387 e. The van der Waals surface area contributed by atoms with E-state index in [0.29, 0.717) is 29.7 Å². The van der Waals surface area contributed by atoms with Crippen LogP contribution in [0.4, 0.5) is 0 Å². The first-order chi connectivity index (χ1) is 16.8. The molecule has 5 rings (SSSR count). The highest BCUT2D eigenvalue weighted by atomic mass is 16.5. The minimum atomic E-state index is -0.623. The summed E-state index contributed by atoms with van der Waals surface area (Å²) in [6.45, 7) is 5.13. The molecule has 1 heterocycles. The van der Waals surface area contributed by atoms with Crippen LogP contribution in [0, 0.1) is 52.3 Å². The zero-order valence-corrected chi connectivity index (χ0v) is 21.5. The van der Waals surface area contributed by atoms with Crippen molar-refractivity contribution < 1.29 is 14.6 Å². The van der Waals surface area contributed by atoms with Gasteiger partial charge in [-0.1, -0.05) is 6.92 Å². The van der Waals surface area contributed by atoms with Crippen LogP contribution in [0.25, 0.3) is 0 Å². The van der Waals surface area contributed by atoms with Gasteiger partial charge in [0.15, 0.2) is 0 Å². The Labute approximate surface area is 209 Å². The lowest BCUT2D eigenvalue weighted by atomic mass is 9.48. The molecule has 0 spiro atoms. The van der Waals surface area contributed by atoms with Gasteiger partial charge in [0, 0.05) is 19.3 Å². The number of aliphatic hydroxyl groups is 1. The predicted octanol–water partition coefficient (Wildman–Crippen LogP) is 4.72. The first kappa shape index (κ1) is 24.7. The quantitative estimate of drug-likeness (QED) is 0.637. The van der Waals surface area contributed by atoms with Crippen molar-refractivity contribution in [3.05, 3.63) is 29.6 Å². The van der Waals surface area contributed by atoms with Crippen molar-refractivity contribution >= 4 is 5.91 Å². The Morgan fingerprint density at radius 1 is 1.20 bits per heavy atom. The van der Waals surface area contributed by atoms with E-state index in [1.807, 2.05) is 0 Å². The number of hydrogen-bond donors (Lipinski definition) is 2. The van der Waals surface area contributed by atoms with E-state index in [9.17, 15) is 9.90 Å². The summed E-state index contributed by atoms with van der Waals surface area (Å²) in [6, 6.07) is 5.44. The highest BCUT2D eigenvalue weighted by Gasteiger charge is 2.58. The second-order valence-electron chi connectivity index (χ2n) is 12.4. The Kier molecular flexibility index (Phi) is 6.70. The molecular formula is C29H41N3O3. The first-order valence-corrected chi connectivity index (χ1v) is 13.7. The molecule has 0 bridgehead atoms. The zero-order chi connectivity index (χ0) is 24.8. The van der Waals surface area contributed by atoms with E-state index in [2.05, 4.69) is 30.2 Å². The van der Waals surface area contributed by atoms with E-state index in [1.165, 1.54) is 44.7 Å². The number of rotatable bonds is 5. The van der Waals surface area contributed by atoms with Crippen LogP contribution in [0.5, 0.6) is 0 Å². The number of nitriles is 1. The maximum Gasteiger partial charge on any atom is 0.270 e. The number of pyridine rings is 1. The normalized spacial score (nSPS) is 41.1. The first-order valence-electron chi connectivity index (χ1n) is 13.7. The molecule has 1 amide bonds. The third-order valence-electron chi connectivity index (χ3n) is 10.7. The van der Waals surface area contributed by atoms with Crippen molar-refractivity contribution in [1.82, 2.24) is 10.3 Å². The molecule has 4 fully saturated rings. The predicted molar refractivity (Wildman–Crippen MR) is 133 cm³/mol. The van der Waals surface area contributed by atoms with Gasteiger partial charge in [-0.25, -0.2) is 4.98 Å². The number of nitrogens with zero attached hydrogens (tertiary/aromatic N) is 2. The molecular weight excluding hydrogens is 438 g/mol. The van der Waals surface area contributed by atoms with Crippen molar-refractivity contribution in [2.24, 2.45) is 40.9 Å². The molecule has 2 N–H and O–H groups in total. The number of ether oxygens (including phenoxy) is 1. The summed E-state index contributed by atoms with van der Waals surface area (Å²) in [7, 11) is 1.70. The number of aromatic nitrogens is 1. The van der Waals surface area contributed by atoms with Gasteiger partial charge >= 0.3 is 0 Å². The van der Waals surface area contributed by atoms with E-state index < -0.39 is 5.60 Å². The van der Waals surface area contributed by atoms with Gasteiger partial charge in [0.05, 0.1) is 17.8 Å². The Morgan fingerprint density at radius 2 is 2.00 bits per heavy atom. The number of nitrogens with one attached hydrogen (secondary N) is 1. The Bertz CT molecular complexity index is 974. The van der Waals surface area contributed by atoms with E-state index in [4.69, 9.17) is 10.00 Å². The van der Waals surface area contributed by atoms with Gasteiger partial charge in [0.2, 0.25) is 0 Å². The molecule has 6 nitrogen and oxygen atoms in total. The summed E-state index contributed by atoms with van der Waals surface area (Å²) >= 11 is 0. The Balaban J connectivity index is 1.25.